The van der Waals surface area contributed by atoms with Crippen LogP contribution in [0.4, 0.5) is 0 Å². The van der Waals surface area contributed by atoms with Gasteiger partial charge in [-0.1, -0.05) is 106 Å². The first-order valence-corrected chi connectivity index (χ1v) is 13.1. The molecule has 3 aromatic carbocycles. The number of aryl methyl sites for hydroxylation is 2. The summed E-state index contributed by atoms with van der Waals surface area (Å²) in [7, 11) is -1.50. The first-order chi connectivity index (χ1) is 16.4. The Morgan fingerprint density at radius 1 is 0.882 bits per heavy atom. The number of aliphatic imine (C=N–C) groups is 1. The van der Waals surface area contributed by atoms with Crippen LogP contribution in [0.5, 0.6) is 0 Å². The minimum Gasteiger partial charge on any atom is -0.304 e. The highest BCUT2D eigenvalue weighted by atomic mass is 35.5. The van der Waals surface area contributed by atoms with Crippen molar-refractivity contribution >= 4 is 33.6 Å². The highest BCUT2D eigenvalue weighted by molar-refractivity contribution is 7.83. The Labute approximate surface area is 212 Å². The first-order valence-electron chi connectivity index (χ1n) is 11.6. The van der Waals surface area contributed by atoms with Gasteiger partial charge in [0.15, 0.2) is 11.0 Å². The summed E-state index contributed by atoms with van der Waals surface area (Å²) in [5.41, 5.74) is 4.53. The van der Waals surface area contributed by atoms with Crippen molar-refractivity contribution in [3.05, 3.63) is 101 Å². The molecule has 4 nitrogen and oxygen atoms in total. The molecule has 0 aliphatic carbocycles. The second kappa shape index (κ2) is 16.0. The Kier molecular flexibility index (Phi) is 13.7. The molecule has 182 valence electrons. The summed E-state index contributed by atoms with van der Waals surface area (Å²) in [6, 6.07) is 25.1. The average molecular weight is 498 g/mol. The van der Waals surface area contributed by atoms with Gasteiger partial charge in [-0.15, -0.1) is 0 Å². The van der Waals surface area contributed by atoms with E-state index in [0.29, 0.717) is 10.6 Å². The van der Waals surface area contributed by atoms with E-state index in [4.69, 9.17) is 17.0 Å². The van der Waals surface area contributed by atoms with E-state index in [2.05, 4.69) is 9.71 Å². The Morgan fingerprint density at radius 2 is 1.38 bits per heavy atom. The standard InChI is InChI=1S/C24H24ClN3OS.2C2H6/c1-17-8-12-20(13-9-17)23(26)22(19-6-4-3-5-7-19)16-27-24(25)28-30(29)21-14-10-18(2)11-15-21;2*1-2/h3-15,22,26H,16H2,1-2H3,(H,27,28);2*1-2H3. The fraction of sp³-hybridized carbons (Fsp3) is 0.286. The molecular formula is C28H36ClN3OS. The number of nitrogens with one attached hydrogen (secondary N) is 2. The molecule has 3 rings (SSSR count). The second-order valence-corrected chi connectivity index (χ2v) is 8.63. The molecule has 0 heterocycles. The summed E-state index contributed by atoms with van der Waals surface area (Å²) in [6.45, 7) is 12.3. The van der Waals surface area contributed by atoms with Crippen LogP contribution in [-0.4, -0.2) is 21.8 Å². The summed E-state index contributed by atoms with van der Waals surface area (Å²) in [6.07, 6.45) is 0. The van der Waals surface area contributed by atoms with Crippen molar-refractivity contribution in [1.82, 2.24) is 4.72 Å². The highest BCUT2D eigenvalue weighted by Gasteiger charge is 2.19. The van der Waals surface area contributed by atoms with Gasteiger partial charge in [0.2, 0.25) is 5.29 Å². The molecule has 3 aromatic rings. The van der Waals surface area contributed by atoms with Crippen molar-refractivity contribution in [1.29, 1.82) is 5.41 Å². The lowest BCUT2D eigenvalue weighted by molar-refractivity contribution is 0.681. The lowest BCUT2D eigenvalue weighted by Gasteiger charge is -2.17. The van der Waals surface area contributed by atoms with Gasteiger partial charge in [0, 0.05) is 11.6 Å². The molecule has 6 heteroatoms. The summed E-state index contributed by atoms with van der Waals surface area (Å²) in [4.78, 5) is 5.01. The molecule has 0 aliphatic heterocycles. The van der Waals surface area contributed by atoms with E-state index >= 15 is 0 Å². The van der Waals surface area contributed by atoms with Crippen molar-refractivity contribution in [2.24, 2.45) is 4.99 Å². The SMILES string of the molecule is CC.CC.Cc1ccc(C(=N)C(CN=C(Cl)NS(=O)c2ccc(C)cc2)c2ccccc2)cc1. The van der Waals surface area contributed by atoms with Crippen molar-refractivity contribution in [3.8, 4) is 0 Å². The number of benzene rings is 3. The zero-order chi connectivity index (χ0) is 25.5. The molecule has 34 heavy (non-hydrogen) atoms. The molecule has 0 saturated carbocycles. The molecule has 0 spiro atoms. The maximum Gasteiger partial charge on any atom is 0.203 e. The van der Waals surface area contributed by atoms with Crippen LogP contribution in [0.2, 0.25) is 0 Å². The van der Waals surface area contributed by atoms with Gasteiger partial charge >= 0.3 is 0 Å². The van der Waals surface area contributed by atoms with Gasteiger partial charge in [-0.3, -0.25) is 9.71 Å². The molecule has 0 saturated heterocycles. The first kappa shape index (κ1) is 29.3. The van der Waals surface area contributed by atoms with E-state index in [0.717, 1.165) is 22.3 Å². The van der Waals surface area contributed by atoms with Crippen molar-refractivity contribution in [3.63, 3.8) is 0 Å². The lowest BCUT2D eigenvalue weighted by atomic mass is 9.90. The Hall–Kier alpha value is -2.76. The van der Waals surface area contributed by atoms with E-state index < -0.39 is 11.0 Å². The molecule has 0 radical (unpaired) electrons. The van der Waals surface area contributed by atoms with Crippen LogP contribution in [0.1, 0.15) is 55.9 Å². The van der Waals surface area contributed by atoms with Crippen LogP contribution < -0.4 is 4.72 Å². The third-order valence-corrected chi connectivity index (χ3v) is 6.14. The largest absolute Gasteiger partial charge is 0.304 e. The zero-order valence-electron chi connectivity index (χ0n) is 20.9. The number of amidine groups is 1. The highest BCUT2D eigenvalue weighted by Crippen LogP contribution is 2.22. The van der Waals surface area contributed by atoms with Gasteiger partial charge in [-0.05, 0) is 48.7 Å². The van der Waals surface area contributed by atoms with E-state index in [9.17, 15) is 4.21 Å². The quantitative estimate of drug-likeness (QED) is 0.199. The van der Waals surface area contributed by atoms with E-state index in [1.807, 2.05) is 108 Å². The molecular weight excluding hydrogens is 462 g/mol. The normalized spacial score (nSPS) is 12.3. The molecule has 0 fully saturated rings. The third-order valence-electron chi connectivity index (χ3n) is 4.74. The van der Waals surface area contributed by atoms with Crippen LogP contribution in [0.25, 0.3) is 0 Å². The summed E-state index contributed by atoms with van der Waals surface area (Å²) < 4.78 is 15.2. The fourth-order valence-corrected chi connectivity index (χ4v) is 3.98. The molecule has 2 unspecified atom stereocenters. The molecule has 0 aliphatic rings. The van der Waals surface area contributed by atoms with E-state index in [-0.39, 0.29) is 17.8 Å². The van der Waals surface area contributed by atoms with Crippen molar-refractivity contribution in [2.75, 3.05) is 6.54 Å². The van der Waals surface area contributed by atoms with Crippen LogP contribution in [0.15, 0.2) is 88.8 Å². The Bertz CT molecular complexity index is 1050. The molecule has 0 bridgehead atoms. The van der Waals surface area contributed by atoms with Gasteiger partial charge in [-0.2, -0.15) is 0 Å². The van der Waals surface area contributed by atoms with Gasteiger partial charge in [0.05, 0.1) is 11.4 Å². The topological polar surface area (TPSA) is 65.3 Å². The molecule has 2 atom stereocenters. The van der Waals surface area contributed by atoms with E-state index in [1.165, 1.54) is 0 Å². The minimum absolute atomic E-state index is 0.0616. The van der Waals surface area contributed by atoms with Gasteiger partial charge in [-0.25, -0.2) is 4.21 Å². The third kappa shape index (κ3) is 9.24. The summed E-state index contributed by atoms with van der Waals surface area (Å²) >= 11 is 6.24. The van der Waals surface area contributed by atoms with Gasteiger partial charge in [0.25, 0.3) is 0 Å². The number of rotatable bonds is 7. The summed E-state index contributed by atoms with van der Waals surface area (Å²) in [5.74, 6) is -0.266. The fourth-order valence-electron chi connectivity index (χ4n) is 2.98. The maximum absolute atomic E-state index is 12.5. The van der Waals surface area contributed by atoms with Gasteiger partial charge < -0.3 is 5.41 Å². The predicted molar refractivity (Wildman–Crippen MR) is 149 cm³/mol. The maximum atomic E-state index is 12.5. The van der Waals surface area contributed by atoms with Crippen molar-refractivity contribution < 1.29 is 4.21 Å². The number of hydrogen-bond donors (Lipinski definition) is 2. The number of nitrogens with zero attached hydrogens (tertiary/aromatic N) is 1. The molecule has 0 amide bonds. The monoisotopic (exact) mass is 497 g/mol. The number of halogens is 1. The zero-order valence-corrected chi connectivity index (χ0v) is 22.5. The van der Waals surface area contributed by atoms with Gasteiger partial charge in [0.1, 0.15) is 0 Å². The van der Waals surface area contributed by atoms with Crippen molar-refractivity contribution in [2.45, 2.75) is 52.4 Å². The van der Waals surface area contributed by atoms with E-state index in [1.54, 1.807) is 12.1 Å². The smallest absolute Gasteiger partial charge is 0.203 e. The predicted octanol–water partition coefficient (Wildman–Crippen LogP) is 7.41. The minimum atomic E-state index is -1.50. The number of hydrogen-bond acceptors (Lipinski definition) is 3. The second-order valence-electron chi connectivity index (χ2n) is 7.06. The molecule has 0 aromatic heterocycles. The average Bonchev–Trinajstić information content (AvgIpc) is 2.88. The molecule has 2 N–H and O–H groups in total. The Morgan fingerprint density at radius 3 is 1.91 bits per heavy atom. The van der Waals surface area contributed by atoms with Crippen LogP contribution >= 0.6 is 11.6 Å². The Balaban J connectivity index is 0.00000137. The lowest BCUT2D eigenvalue weighted by Crippen LogP contribution is -2.23. The summed E-state index contributed by atoms with van der Waals surface area (Å²) in [5, 5.41) is 8.80. The van der Waals surface area contributed by atoms with Crippen LogP contribution in [0.3, 0.4) is 0 Å². The van der Waals surface area contributed by atoms with Crippen LogP contribution in [0, 0.1) is 19.3 Å². The van der Waals surface area contributed by atoms with Crippen LogP contribution in [-0.2, 0) is 11.0 Å².